The van der Waals surface area contributed by atoms with Gasteiger partial charge in [0.05, 0.1) is 11.9 Å². The summed E-state index contributed by atoms with van der Waals surface area (Å²) < 4.78 is 25.2. The first-order valence-electron chi connectivity index (χ1n) is 11.5. The molecule has 1 fully saturated rings. The number of nitrogens with zero attached hydrogens (tertiary/aromatic N) is 2. The summed E-state index contributed by atoms with van der Waals surface area (Å²) in [5.74, 6) is -0.518. The van der Waals surface area contributed by atoms with Crippen LogP contribution in [0.3, 0.4) is 0 Å². The van der Waals surface area contributed by atoms with Gasteiger partial charge in [-0.05, 0) is 37.1 Å². The van der Waals surface area contributed by atoms with Crippen LogP contribution in [0.5, 0.6) is 0 Å². The summed E-state index contributed by atoms with van der Waals surface area (Å²) in [6, 6.07) is 6.76. The Balaban J connectivity index is 1.26. The number of fused-ring (bicyclic) bond motifs is 2. The third-order valence-corrected chi connectivity index (χ3v) is 9.15. The quantitative estimate of drug-likeness (QED) is 0.463. The highest BCUT2D eigenvalue weighted by Crippen LogP contribution is 2.27. The van der Waals surface area contributed by atoms with Crippen molar-refractivity contribution in [1.29, 1.82) is 0 Å². The van der Waals surface area contributed by atoms with Gasteiger partial charge in [0, 0.05) is 52.4 Å². The lowest BCUT2D eigenvalue weighted by Crippen LogP contribution is -2.53. The van der Waals surface area contributed by atoms with Crippen LogP contribution in [0.4, 0.5) is 0 Å². The Bertz CT molecular complexity index is 1400. The maximum Gasteiger partial charge on any atom is 0.280 e. The van der Waals surface area contributed by atoms with E-state index in [2.05, 4.69) is 20.6 Å². The number of thiazole rings is 1. The van der Waals surface area contributed by atoms with Crippen LogP contribution >= 0.6 is 22.9 Å². The maximum atomic E-state index is 13.0. The molecule has 186 valence electrons. The van der Waals surface area contributed by atoms with Gasteiger partial charge in [-0.15, -0.1) is 11.3 Å². The Hall–Kier alpha value is -2.47. The van der Waals surface area contributed by atoms with Crippen molar-refractivity contribution >= 4 is 55.7 Å². The summed E-state index contributed by atoms with van der Waals surface area (Å²) >= 11 is 7.29. The number of carbonyl (C=O) groups is 2. The van der Waals surface area contributed by atoms with E-state index in [1.165, 1.54) is 21.9 Å². The molecule has 0 saturated heterocycles. The first-order valence-corrected chi connectivity index (χ1v) is 14.6. The molecule has 1 unspecified atom stereocenters. The Labute approximate surface area is 212 Å². The number of aromatic nitrogens is 2. The van der Waals surface area contributed by atoms with Gasteiger partial charge in [-0.3, -0.25) is 9.59 Å². The molecule has 0 spiro atoms. The minimum absolute atomic E-state index is 0.203. The van der Waals surface area contributed by atoms with E-state index in [1.54, 1.807) is 18.2 Å². The Morgan fingerprint density at radius 2 is 1.86 bits per heavy atom. The van der Waals surface area contributed by atoms with Gasteiger partial charge in [-0.2, -0.15) is 4.31 Å². The number of aromatic amines is 1. The summed E-state index contributed by atoms with van der Waals surface area (Å²) in [7, 11) is -3.29. The molecule has 3 N–H and O–H groups in total. The number of nitrogens with one attached hydrogen (secondary N) is 3. The van der Waals surface area contributed by atoms with E-state index in [9.17, 15) is 18.0 Å². The van der Waals surface area contributed by atoms with Crippen LogP contribution in [-0.2, 0) is 23.0 Å². The molecule has 0 radical (unpaired) electrons. The van der Waals surface area contributed by atoms with Crippen molar-refractivity contribution < 1.29 is 18.0 Å². The summed E-state index contributed by atoms with van der Waals surface area (Å²) in [5.41, 5.74) is 2.06. The smallest absolute Gasteiger partial charge is 0.280 e. The average Bonchev–Trinajstić information content (AvgIpc) is 3.43. The number of hydrogen-bond acceptors (Lipinski definition) is 6. The average molecular weight is 536 g/mol. The van der Waals surface area contributed by atoms with Crippen molar-refractivity contribution in [1.82, 2.24) is 24.9 Å². The molecule has 2 aliphatic rings. The summed E-state index contributed by atoms with van der Waals surface area (Å²) in [5, 5.41) is 7.93. The Morgan fingerprint density at radius 3 is 2.57 bits per heavy atom. The van der Waals surface area contributed by atoms with Crippen molar-refractivity contribution in [2.24, 2.45) is 0 Å². The fourth-order valence-electron chi connectivity index (χ4n) is 4.73. The Morgan fingerprint density at radius 1 is 1.14 bits per heavy atom. The van der Waals surface area contributed by atoms with Crippen molar-refractivity contribution in [3.63, 3.8) is 0 Å². The van der Waals surface area contributed by atoms with Gasteiger partial charge in [0.25, 0.3) is 11.8 Å². The molecule has 1 aliphatic carbocycles. The van der Waals surface area contributed by atoms with Crippen molar-refractivity contribution in [3.8, 4) is 0 Å². The molecule has 3 heterocycles. The molecular weight excluding hydrogens is 510 g/mol. The molecule has 12 heteroatoms. The SMILES string of the molecule is CS(=O)(=O)N1CCc2nc(C(=O)NC3CCCC[C@@H]3NC(=O)c3cc4cc(Cl)ccc4[nH]3)sc2C1. The minimum Gasteiger partial charge on any atom is -0.351 e. The summed E-state index contributed by atoms with van der Waals surface area (Å²) in [6.07, 6.45) is 5.12. The van der Waals surface area contributed by atoms with E-state index >= 15 is 0 Å². The van der Waals surface area contributed by atoms with Crippen LogP contribution in [0.1, 0.15) is 56.5 Å². The first-order chi connectivity index (χ1) is 16.7. The van der Waals surface area contributed by atoms with Crippen LogP contribution < -0.4 is 10.6 Å². The molecule has 1 aromatic carbocycles. The fourth-order valence-corrected chi connectivity index (χ4v) is 6.81. The van der Waals surface area contributed by atoms with E-state index in [1.807, 2.05) is 6.07 Å². The van der Waals surface area contributed by atoms with Crippen LogP contribution in [0.15, 0.2) is 24.3 Å². The number of carbonyl (C=O) groups excluding carboxylic acids is 2. The number of hydrogen-bond donors (Lipinski definition) is 3. The van der Waals surface area contributed by atoms with Gasteiger partial charge in [-0.1, -0.05) is 24.4 Å². The molecule has 3 aromatic rings. The first kappa shape index (κ1) is 24.2. The van der Waals surface area contributed by atoms with E-state index in [4.69, 9.17) is 11.6 Å². The van der Waals surface area contributed by atoms with Crippen molar-refractivity contribution in [2.75, 3.05) is 12.8 Å². The Kier molecular flexibility index (Phi) is 6.60. The number of benzene rings is 1. The molecule has 5 rings (SSSR count). The van der Waals surface area contributed by atoms with E-state index in [0.717, 1.165) is 47.2 Å². The zero-order valence-corrected chi connectivity index (χ0v) is 21.5. The molecule has 2 atom stereocenters. The second-order valence-corrected chi connectivity index (χ2v) is 12.6. The minimum atomic E-state index is -3.29. The molecule has 2 amide bonds. The largest absolute Gasteiger partial charge is 0.351 e. The summed E-state index contributed by atoms with van der Waals surface area (Å²) in [6.45, 7) is 0.615. The third-order valence-electron chi connectivity index (χ3n) is 6.59. The molecular formula is C23H26ClN5O4S2. The van der Waals surface area contributed by atoms with Gasteiger partial charge >= 0.3 is 0 Å². The molecule has 2 aromatic heterocycles. The van der Waals surface area contributed by atoms with Crippen LogP contribution in [0, 0.1) is 0 Å². The van der Waals surface area contributed by atoms with Crippen LogP contribution in [0.25, 0.3) is 10.9 Å². The lowest BCUT2D eigenvalue weighted by Gasteiger charge is -2.32. The van der Waals surface area contributed by atoms with Gasteiger partial charge in [0.1, 0.15) is 5.69 Å². The number of amides is 2. The second kappa shape index (κ2) is 9.53. The number of halogens is 1. The number of sulfonamides is 1. The highest BCUT2D eigenvalue weighted by atomic mass is 35.5. The second-order valence-electron chi connectivity index (χ2n) is 9.09. The molecule has 0 bridgehead atoms. The van der Waals surface area contributed by atoms with E-state index < -0.39 is 10.0 Å². The molecule has 9 nitrogen and oxygen atoms in total. The van der Waals surface area contributed by atoms with E-state index in [-0.39, 0.29) is 30.4 Å². The van der Waals surface area contributed by atoms with Gasteiger partial charge in [0.2, 0.25) is 10.0 Å². The van der Waals surface area contributed by atoms with Crippen LogP contribution in [-0.4, -0.2) is 59.4 Å². The molecule has 35 heavy (non-hydrogen) atoms. The third kappa shape index (κ3) is 5.23. The van der Waals surface area contributed by atoms with Gasteiger partial charge in [-0.25, -0.2) is 13.4 Å². The van der Waals surface area contributed by atoms with Gasteiger partial charge in [0.15, 0.2) is 5.01 Å². The fraction of sp³-hybridized carbons (Fsp3) is 0.435. The predicted octanol–water partition coefficient (Wildman–Crippen LogP) is 3.07. The zero-order chi connectivity index (χ0) is 24.7. The standard InChI is InChI=1S/C23H26ClN5O4S2/c1-35(32,33)29-9-8-18-20(12-29)34-23(28-18)22(31)27-17-5-3-2-4-16(17)26-21(30)19-11-13-10-14(24)6-7-15(13)25-19/h6-7,10-11,16-17,25H,2-5,8-9,12H2,1H3,(H,26,30)(H,27,31)/t16-,17?/m0/s1. The van der Waals surface area contributed by atoms with Crippen molar-refractivity contribution in [3.05, 3.63) is 50.6 Å². The highest BCUT2D eigenvalue weighted by Gasteiger charge is 2.31. The monoisotopic (exact) mass is 535 g/mol. The topological polar surface area (TPSA) is 124 Å². The lowest BCUT2D eigenvalue weighted by atomic mass is 9.90. The molecule has 1 aliphatic heterocycles. The predicted molar refractivity (Wildman–Crippen MR) is 135 cm³/mol. The number of H-pyrrole nitrogens is 1. The lowest BCUT2D eigenvalue weighted by molar-refractivity contribution is 0.0860. The molecule has 1 saturated carbocycles. The maximum absolute atomic E-state index is 13.0. The normalized spacial score (nSPS) is 21.0. The summed E-state index contributed by atoms with van der Waals surface area (Å²) in [4.78, 5) is 34.4. The van der Waals surface area contributed by atoms with E-state index in [0.29, 0.717) is 28.7 Å². The number of rotatable bonds is 5. The van der Waals surface area contributed by atoms with Gasteiger partial charge < -0.3 is 15.6 Å². The highest BCUT2D eigenvalue weighted by molar-refractivity contribution is 7.88. The zero-order valence-electron chi connectivity index (χ0n) is 19.1. The van der Waals surface area contributed by atoms with Crippen LogP contribution in [0.2, 0.25) is 5.02 Å². The van der Waals surface area contributed by atoms with Crippen molar-refractivity contribution in [2.45, 2.75) is 50.7 Å².